The molecule has 0 aliphatic heterocycles. The molecule has 3 nitrogen and oxygen atoms in total. The molecule has 0 radical (unpaired) electrons. The Hall–Kier alpha value is -2.14. The van der Waals surface area contributed by atoms with E-state index in [1.165, 1.54) is 24.3 Å². The van der Waals surface area contributed by atoms with Gasteiger partial charge >= 0.3 is 6.61 Å². The second-order valence-corrected chi connectivity index (χ2v) is 4.76. The molecule has 1 amide bonds. The average Bonchev–Trinajstić information content (AvgIpc) is 2.41. The van der Waals surface area contributed by atoms with Crippen LogP contribution in [0.3, 0.4) is 0 Å². The normalized spacial score (nSPS) is 10.5. The van der Waals surface area contributed by atoms with Gasteiger partial charge in [0.1, 0.15) is 5.75 Å². The highest BCUT2D eigenvalue weighted by molar-refractivity contribution is 6.30. The summed E-state index contributed by atoms with van der Waals surface area (Å²) in [5.74, 6) is -0.481. The molecule has 0 spiro atoms. The summed E-state index contributed by atoms with van der Waals surface area (Å²) in [6.07, 6.45) is 0. The summed E-state index contributed by atoms with van der Waals surface area (Å²) in [5, 5.41) is 3.26. The lowest BCUT2D eigenvalue weighted by Crippen LogP contribution is -2.13. The molecule has 0 aliphatic carbocycles. The van der Waals surface area contributed by atoms with Gasteiger partial charge in [0.15, 0.2) is 0 Å². The van der Waals surface area contributed by atoms with Gasteiger partial charge in [-0.3, -0.25) is 4.79 Å². The van der Waals surface area contributed by atoms with Gasteiger partial charge in [-0.15, -0.1) is 0 Å². The van der Waals surface area contributed by atoms with Crippen molar-refractivity contribution in [2.45, 2.75) is 13.5 Å². The first-order valence-electron chi connectivity index (χ1n) is 6.08. The summed E-state index contributed by atoms with van der Waals surface area (Å²) >= 11 is 5.84. The Labute approximate surface area is 125 Å². The quantitative estimate of drug-likeness (QED) is 0.902. The highest BCUT2D eigenvalue weighted by atomic mass is 35.5. The minimum absolute atomic E-state index is 0.0644. The Balaban J connectivity index is 2.16. The first-order chi connectivity index (χ1) is 9.95. The minimum atomic E-state index is -2.93. The van der Waals surface area contributed by atoms with Gasteiger partial charge in [-0.25, -0.2) is 0 Å². The van der Waals surface area contributed by atoms with Crippen LogP contribution in [0.1, 0.15) is 15.9 Å². The molecule has 0 heterocycles. The molecule has 0 atom stereocenters. The van der Waals surface area contributed by atoms with Gasteiger partial charge in [-0.05, 0) is 48.9 Å². The van der Waals surface area contributed by atoms with Crippen LogP contribution in [0.5, 0.6) is 5.75 Å². The molecule has 6 heteroatoms. The number of benzene rings is 2. The zero-order valence-electron chi connectivity index (χ0n) is 11.1. The fraction of sp³-hybridized carbons (Fsp3) is 0.133. The number of hydrogen-bond donors (Lipinski definition) is 1. The summed E-state index contributed by atoms with van der Waals surface area (Å²) in [5.41, 5.74) is 1.63. The van der Waals surface area contributed by atoms with E-state index in [0.717, 1.165) is 5.56 Å². The number of alkyl halides is 2. The van der Waals surface area contributed by atoms with Crippen molar-refractivity contribution in [1.29, 1.82) is 0 Å². The number of rotatable bonds is 4. The number of halogens is 3. The molecule has 1 N–H and O–H groups in total. The molecular formula is C15H12ClF2NO2. The number of carbonyl (C=O) groups is 1. The third-order valence-electron chi connectivity index (χ3n) is 2.76. The van der Waals surface area contributed by atoms with Gasteiger partial charge in [0.25, 0.3) is 5.91 Å². The molecule has 0 bridgehead atoms. The Morgan fingerprint density at radius 1 is 1.24 bits per heavy atom. The van der Waals surface area contributed by atoms with Crippen LogP contribution in [0.4, 0.5) is 14.5 Å². The number of nitrogens with one attached hydrogen (secondary N) is 1. The Kier molecular flexibility index (Phi) is 4.75. The second-order valence-electron chi connectivity index (χ2n) is 4.32. The highest BCUT2D eigenvalue weighted by Crippen LogP contribution is 2.21. The van der Waals surface area contributed by atoms with Crippen LogP contribution in [-0.4, -0.2) is 12.5 Å². The van der Waals surface area contributed by atoms with Crippen molar-refractivity contribution < 1.29 is 18.3 Å². The van der Waals surface area contributed by atoms with Crippen LogP contribution in [0, 0.1) is 6.92 Å². The van der Waals surface area contributed by atoms with E-state index in [4.69, 9.17) is 11.6 Å². The number of amides is 1. The summed E-state index contributed by atoms with van der Waals surface area (Å²) in [6, 6.07) is 10.6. The Morgan fingerprint density at radius 3 is 2.67 bits per heavy atom. The van der Waals surface area contributed by atoms with Crippen LogP contribution < -0.4 is 10.1 Å². The zero-order valence-corrected chi connectivity index (χ0v) is 11.8. The fourth-order valence-corrected chi connectivity index (χ4v) is 2.00. The lowest BCUT2D eigenvalue weighted by Gasteiger charge is -2.10. The number of carbonyl (C=O) groups excluding carboxylic acids is 1. The Morgan fingerprint density at radius 2 is 2.00 bits per heavy atom. The van der Waals surface area contributed by atoms with Crippen molar-refractivity contribution in [1.82, 2.24) is 0 Å². The summed E-state index contributed by atoms with van der Waals surface area (Å²) in [6.45, 7) is -1.13. The highest BCUT2D eigenvalue weighted by Gasteiger charge is 2.11. The molecule has 2 aromatic rings. The molecule has 0 aliphatic rings. The number of ether oxygens (including phenoxy) is 1. The van der Waals surface area contributed by atoms with Gasteiger partial charge in [0.2, 0.25) is 0 Å². The molecule has 0 aromatic heterocycles. The lowest BCUT2D eigenvalue weighted by molar-refractivity contribution is -0.0498. The molecule has 0 fully saturated rings. The first kappa shape index (κ1) is 15.3. The van der Waals surface area contributed by atoms with Crippen LogP contribution in [0.15, 0.2) is 42.5 Å². The van der Waals surface area contributed by atoms with Crippen molar-refractivity contribution in [3.05, 3.63) is 58.6 Å². The zero-order chi connectivity index (χ0) is 15.4. The van der Waals surface area contributed by atoms with Gasteiger partial charge < -0.3 is 10.1 Å². The lowest BCUT2D eigenvalue weighted by atomic mass is 10.1. The number of hydrogen-bond acceptors (Lipinski definition) is 2. The summed E-state index contributed by atoms with van der Waals surface area (Å²) in [7, 11) is 0. The van der Waals surface area contributed by atoms with E-state index in [0.29, 0.717) is 10.7 Å². The third kappa shape index (κ3) is 4.16. The maximum absolute atomic E-state index is 12.2. The number of aryl methyl sites for hydroxylation is 1. The Bertz CT molecular complexity index is 662. The van der Waals surface area contributed by atoms with E-state index in [1.807, 2.05) is 0 Å². The van der Waals surface area contributed by atoms with Gasteiger partial charge in [-0.1, -0.05) is 17.7 Å². The van der Waals surface area contributed by atoms with E-state index < -0.39 is 12.5 Å². The monoisotopic (exact) mass is 311 g/mol. The fourth-order valence-electron chi connectivity index (χ4n) is 1.78. The number of anilines is 1. The van der Waals surface area contributed by atoms with Crippen molar-refractivity contribution >= 4 is 23.2 Å². The largest absolute Gasteiger partial charge is 0.435 e. The van der Waals surface area contributed by atoms with Crippen molar-refractivity contribution in [3.8, 4) is 5.75 Å². The van der Waals surface area contributed by atoms with Crippen LogP contribution >= 0.6 is 11.6 Å². The SMILES string of the molecule is Cc1cc(Cl)ccc1NC(=O)c1cccc(OC(F)F)c1. The third-order valence-corrected chi connectivity index (χ3v) is 2.99. The first-order valence-corrected chi connectivity index (χ1v) is 6.46. The standard InChI is InChI=1S/C15H12ClF2NO2/c1-9-7-11(16)5-6-13(9)19-14(20)10-3-2-4-12(8-10)21-15(17)18/h2-8,15H,1H3,(H,19,20). The second kappa shape index (κ2) is 6.54. The van der Waals surface area contributed by atoms with Gasteiger partial charge in [0, 0.05) is 16.3 Å². The van der Waals surface area contributed by atoms with Gasteiger partial charge in [0.05, 0.1) is 0 Å². The topological polar surface area (TPSA) is 38.3 Å². The molecule has 2 rings (SSSR count). The maximum atomic E-state index is 12.2. The van der Waals surface area contributed by atoms with Crippen molar-refractivity contribution in [3.63, 3.8) is 0 Å². The molecule has 0 saturated heterocycles. The average molecular weight is 312 g/mol. The molecule has 0 saturated carbocycles. The van der Waals surface area contributed by atoms with Gasteiger partial charge in [-0.2, -0.15) is 8.78 Å². The van der Waals surface area contributed by atoms with E-state index in [2.05, 4.69) is 10.1 Å². The molecular weight excluding hydrogens is 300 g/mol. The smallest absolute Gasteiger partial charge is 0.387 e. The molecule has 110 valence electrons. The van der Waals surface area contributed by atoms with E-state index in [-0.39, 0.29) is 11.3 Å². The van der Waals surface area contributed by atoms with Crippen molar-refractivity contribution in [2.24, 2.45) is 0 Å². The molecule has 0 unspecified atom stereocenters. The predicted molar refractivity (Wildman–Crippen MR) is 77.2 cm³/mol. The predicted octanol–water partition coefficient (Wildman–Crippen LogP) is 4.50. The van der Waals surface area contributed by atoms with E-state index in [1.54, 1.807) is 25.1 Å². The van der Waals surface area contributed by atoms with E-state index in [9.17, 15) is 13.6 Å². The van der Waals surface area contributed by atoms with Crippen LogP contribution in [0.25, 0.3) is 0 Å². The van der Waals surface area contributed by atoms with E-state index >= 15 is 0 Å². The molecule has 21 heavy (non-hydrogen) atoms. The van der Waals surface area contributed by atoms with Crippen molar-refractivity contribution in [2.75, 3.05) is 5.32 Å². The summed E-state index contributed by atoms with van der Waals surface area (Å²) < 4.78 is 28.6. The summed E-state index contributed by atoms with van der Waals surface area (Å²) in [4.78, 5) is 12.1. The van der Waals surface area contributed by atoms with Crippen LogP contribution in [0.2, 0.25) is 5.02 Å². The maximum Gasteiger partial charge on any atom is 0.387 e. The minimum Gasteiger partial charge on any atom is -0.435 e. The van der Waals surface area contributed by atoms with Crippen LogP contribution in [-0.2, 0) is 0 Å². The molecule has 2 aromatic carbocycles.